The highest BCUT2D eigenvalue weighted by molar-refractivity contribution is 7.13. The molecule has 0 fully saturated rings. The van der Waals surface area contributed by atoms with Gasteiger partial charge in [-0.3, -0.25) is 9.78 Å². The summed E-state index contributed by atoms with van der Waals surface area (Å²) in [4.78, 5) is 18.8. The van der Waals surface area contributed by atoms with Crippen molar-refractivity contribution in [3.05, 3.63) is 35.6 Å². The van der Waals surface area contributed by atoms with E-state index in [1.54, 1.807) is 23.7 Å². The number of aliphatic carboxylic acids is 1. The van der Waals surface area contributed by atoms with Crippen molar-refractivity contribution >= 4 is 17.3 Å². The quantitative estimate of drug-likeness (QED) is 0.883. The Morgan fingerprint density at radius 3 is 2.82 bits per heavy atom. The van der Waals surface area contributed by atoms with Gasteiger partial charge >= 0.3 is 5.97 Å². The van der Waals surface area contributed by atoms with E-state index in [4.69, 9.17) is 5.11 Å². The van der Waals surface area contributed by atoms with Crippen LogP contribution < -0.4 is 0 Å². The molecule has 0 aliphatic carbocycles. The average molecular weight is 248 g/mol. The third-order valence-electron chi connectivity index (χ3n) is 2.30. The standard InChI is InChI=1S/C12H12N2O2S/c15-11(16)3-1-2-10-8-17-12(14-10)9-4-6-13-7-5-9/h4-8H,1-3H2,(H,15,16). The summed E-state index contributed by atoms with van der Waals surface area (Å²) in [6.07, 6.45) is 5.02. The number of thiazole rings is 1. The summed E-state index contributed by atoms with van der Waals surface area (Å²) >= 11 is 1.58. The maximum Gasteiger partial charge on any atom is 0.303 e. The molecular weight excluding hydrogens is 236 g/mol. The Kier molecular flexibility index (Phi) is 3.82. The molecule has 0 atom stereocenters. The highest BCUT2D eigenvalue weighted by Gasteiger charge is 2.05. The molecule has 88 valence electrons. The van der Waals surface area contributed by atoms with Crippen LogP contribution in [-0.2, 0) is 11.2 Å². The van der Waals surface area contributed by atoms with Gasteiger partial charge in [0.25, 0.3) is 0 Å². The van der Waals surface area contributed by atoms with Gasteiger partial charge in [0.1, 0.15) is 5.01 Å². The zero-order valence-electron chi connectivity index (χ0n) is 9.17. The van der Waals surface area contributed by atoms with E-state index in [1.165, 1.54) is 0 Å². The summed E-state index contributed by atoms with van der Waals surface area (Å²) in [6, 6.07) is 3.83. The molecule has 5 heteroatoms. The van der Waals surface area contributed by atoms with E-state index >= 15 is 0 Å². The van der Waals surface area contributed by atoms with Gasteiger partial charge in [-0.1, -0.05) is 0 Å². The Morgan fingerprint density at radius 1 is 1.35 bits per heavy atom. The van der Waals surface area contributed by atoms with E-state index < -0.39 is 5.97 Å². The lowest BCUT2D eigenvalue weighted by atomic mass is 10.2. The van der Waals surface area contributed by atoms with Crippen molar-refractivity contribution in [3.63, 3.8) is 0 Å². The SMILES string of the molecule is O=C(O)CCCc1csc(-c2ccncc2)n1. The summed E-state index contributed by atoms with van der Waals surface area (Å²) in [5.74, 6) is -0.755. The fraction of sp³-hybridized carbons (Fsp3) is 0.250. The van der Waals surface area contributed by atoms with Gasteiger partial charge in [-0.15, -0.1) is 11.3 Å². The molecule has 0 spiro atoms. The van der Waals surface area contributed by atoms with Crippen LogP contribution in [0.3, 0.4) is 0 Å². The average Bonchev–Trinajstić information content (AvgIpc) is 2.78. The Labute approximate surface area is 103 Å². The lowest BCUT2D eigenvalue weighted by Crippen LogP contribution is -1.95. The van der Waals surface area contributed by atoms with Crippen molar-refractivity contribution in [2.75, 3.05) is 0 Å². The highest BCUT2D eigenvalue weighted by Crippen LogP contribution is 2.23. The van der Waals surface area contributed by atoms with Crippen molar-refractivity contribution < 1.29 is 9.90 Å². The molecule has 2 rings (SSSR count). The molecule has 0 aliphatic heterocycles. The first-order chi connectivity index (χ1) is 8.25. The van der Waals surface area contributed by atoms with E-state index in [9.17, 15) is 4.79 Å². The van der Waals surface area contributed by atoms with Gasteiger partial charge < -0.3 is 5.11 Å². The van der Waals surface area contributed by atoms with Crippen LogP contribution >= 0.6 is 11.3 Å². The van der Waals surface area contributed by atoms with Gasteiger partial charge in [-0.25, -0.2) is 4.98 Å². The lowest BCUT2D eigenvalue weighted by Gasteiger charge is -1.95. The van der Waals surface area contributed by atoms with Crippen molar-refractivity contribution in [3.8, 4) is 10.6 Å². The van der Waals surface area contributed by atoms with E-state index in [0.29, 0.717) is 12.8 Å². The second kappa shape index (κ2) is 5.54. The first kappa shape index (κ1) is 11.7. The second-order valence-electron chi connectivity index (χ2n) is 3.63. The number of hydrogen-bond acceptors (Lipinski definition) is 4. The van der Waals surface area contributed by atoms with Crippen LogP contribution in [0.2, 0.25) is 0 Å². The largest absolute Gasteiger partial charge is 0.481 e. The number of aromatic nitrogens is 2. The molecule has 17 heavy (non-hydrogen) atoms. The number of aryl methyl sites for hydroxylation is 1. The summed E-state index contributed by atoms with van der Waals surface area (Å²) in [5.41, 5.74) is 2.01. The van der Waals surface area contributed by atoms with Gasteiger partial charge in [0.05, 0.1) is 5.69 Å². The smallest absolute Gasteiger partial charge is 0.303 e. The molecule has 0 amide bonds. The minimum atomic E-state index is -0.755. The van der Waals surface area contributed by atoms with Crippen LogP contribution in [0.15, 0.2) is 29.9 Å². The van der Waals surface area contributed by atoms with Crippen LogP contribution in [0.5, 0.6) is 0 Å². The number of nitrogens with zero attached hydrogens (tertiary/aromatic N) is 2. The fourth-order valence-corrected chi connectivity index (χ4v) is 2.33. The van der Waals surface area contributed by atoms with Gasteiger partial charge in [0.2, 0.25) is 0 Å². The zero-order chi connectivity index (χ0) is 12.1. The topological polar surface area (TPSA) is 63.1 Å². The molecular formula is C12H12N2O2S. The summed E-state index contributed by atoms with van der Waals surface area (Å²) in [6.45, 7) is 0. The summed E-state index contributed by atoms with van der Waals surface area (Å²) in [5, 5.41) is 11.5. The molecule has 0 aliphatic rings. The molecule has 2 aromatic rings. The number of hydrogen-bond donors (Lipinski definition) is 1. The van der Waals surface area contributed by atoms with Crippen LogP contribution in [0.4, 0.5) is 0 Å². The number of rotatable bonds is 5. The third kappa shape index (κ3) is 3.35. The Hall–Kier alpha value is -1.75. The van der Waals surface area contributed by atoms with Gasteiger partial charge in [0.15, 0.2) is 0 Å². The Morgan fingerprint density at radius 2 is 2.12 bits per heavy atom. The monoisotopic (exact) mass is 248 g/mol. The van der Waals surface area contributed by atoms with E-state index in [1.807, 2.05) is 17.5 Å². The number of carbonyl (C=O) groups is 1. The Bertz CT molecular complexity index is 496. The van der Waals surface area contributed by atoms with Crippen LogP contribution in [-0.4, -0.2) is 21.0 Å². The normalized spacial score (nSPS) is 10.4. The van der Waals surface area contributed by atoms with Crippen molar-refractivity contribution in [1.82, 2.24) is 9.97 Å². The number of carboxylic acids is 1. The number of pyridine rings is 1. The van der Waals surface area contributed by atoms with E-state index in [-0.39, 0.29) is 6.42 Å². The van der Waals surface area contributed by atoms with E-state index in [2.05, 4.69) is 9.97 Å². The van der Waals surface area contributed by atoms with Crippen LogP contribution in [0.1, 0.15) is 18.5 Å². The molecule has 0 radical (unpaired) electrons. The molecule has 1 N–H and O–H groups in total. The summed E-state index contributed by atoms with van der Waals surface area (Å²) < 4.78 is 0. The predicted molar refractivity (Wildman–Crippen MR) is 65.9 cm³/mol. The van der Waals surface area contributed by atoms with Gasteiger partial charge in [-0.2, -0.15) is 0 Å². The molecule has 0 bridgehead atoms. The first-order valence-corrected chi connectivity index (χ1v) is 6.20. The number of carboxylic acid groups (broad SMARTS) is 1. The van der Waals surface area contributed by atoms with Crippen LogP contribution in [0.25, 0.3) is 10.6 Å². The van der Waals surface area contributed by atoms with Crippen molar-refractivity contribution in [1.29, 1.82) is 0 Å². The van der Waals surface area contributed by atoms with Crippen molar-refractivity contribution in [2.45, 2.75) is 19.3 Å². The minimum Gasteiger partial charge on any atom is -0.481 e. The fourth-order valence-electron chi connectivity index (χ4n) is 1.47. The molecule has 0 saturated carbocycles. The summed E-state index contributed by atoms with van der Waals surface area (Å²) in [7, 11) is 0. The lowest BCUT2D eigenvalue weighted by molar-refractivity contribution is -0.137. The maximum atomic E-state index is 10.4. The minimum absolute atomic E-state index is 0.197. The highest BCUT2D eigenvalue weighted by atomic mass is 32.1. The van der Waals surface area contributed by atoms with Crippen molar-refractivity contribution in [2.24, 2.45) is 0 Å². The van der Waals surface area contributed by atoms with Crippen LogP contribution in [0, 0.1) is 0 Å². The van der Waals surface area contributed by atoms with Gasteiger partial charge in [0, 0.05) is 29.8 Å². The molecule has 2 aromatic heterocycles. The third-order valence-corrected chi connectivity index (χ3v) is 3.24. The molecule has 4 nitrogen and oxygen atoms in total. The molecule has 2 heterocycles. The predicted octanol–water partition coefficient (Wildman–Crippen LogP) is 2.61. The first-order valence-electron chi connectivity index (χ1n) is 5.32. The maximum absolute atomic E-state index is 10.4. The molecule has 0 saturated heterocycles. The molecule has 0 aromatic carbocycles. The van der Waals surface area contributed by atoms with Gasteiger partial charge in [-0.05, 0) is 25.0 Å². The van der Waals surface area contributed by atoms with E-state index in [0.717, 1.165) is 16.3 Å². The molecule has 0 unspecified atom stereocenters. The second-order valence-corrected chi connectivity index (χ2v) is 4.49. The zero-order valence-corrected chi connectivity index (χ0v) is 9.98. The Balaban J connectivity index is 1.99.